The van der Waals surface area contributed by atoms with Gasteiger partial charge in [0.05, 0.1) is 0 Å². The first-order valence-corrected chi connectivity index (χ1v) is 8.16. The maximum atomic E-state index is 12.7. The Labute approximate surface area is 132 Å². The SMILES string of the molecule is C=C(C)C1CCC(=C)[C@H]2C3=C(C[C@@H](C)C3=O)C(=O)C(C)=C[C@H]12. The van der Waals surface area contributed by atoms with E-state index in [2.05, 4.69) is 26.2 Å². The van der Waals surface area contributed by atoms with Crippen molar-refractivity contribution in [1.29, 1.82) is 0 Å². The van der Waals surface area contributed by atoms with E-state index in [9.17, 15) is 9.59 Å². The molecule has 0 saturated heterocycles. The Morgan fingerprint density at radius 3 is 2.64 bits per heavy atom. The van der Waals surface area contributed by atoms with Crippen LogP contribution in [0.15, 0.2) is 47.1 Å². The van der Waals surface area contributed by atoms with Crippen LogP contribution in [0, 0.1) is 23.7 Å². The van der Waals surface area contributed by atoms with Crippen LogP contribution in [0.25, 0.3) is 0 Å². The highest BCUT2D eigenvalue weighted by Gasteiger charge is 2.46. The van der Waals surface area contributed by atoms with E-state index in [4.69, 9.17) is 0 Å². The van der Waals surface area contributed by atoms with Crippen molar-refractivity contribution in [2.45, 2.75) is 40.0 Å². The summed E-state index contributed by atoms with van der Waals surface area (Å²) in [6.45, 7) is 14.3. The van der Waals surface area contributed by atoms with Crippen LogP contribution in [0.3, 0.4) is 0 Å². The molecule has 116 valence electrons. The number of hydrogen-bond acceptors (Lipinski definition) is 2. The lowest BCUT2D eigenvalue weighted by molar-refractivity contribution is -0.118. The smallest absolute Gasteiger partial charge is 0.184 e. The van der Waals surface area contributed by atoms with Gasteiger partial charge >= 0.3 is 0 Å². The molecule has 3 aliphatic rings. The van der Waals surface area contributed by atoms with Gasteiger partial charge in [-0.1, -0.05) is 37.3 Å². The lowest BCUT2D eigenvalue weighted by Gasteiger charge is -2.39. The topological polar surface area (TPSA) is 34.1 Å². The number of carbonyl (C=O) groups is 2. The zero-order valence-electron chi connectivity index (χ0n) is 13.7. The van der Waals surface area contributed by atoms with Crippen molar-refractivity contribution >= 4 is 11.6 Å². The summed E-state index contributed by atoms with van der Waals surface area (Å²) < 4.78 is 0. The average Bonchev–Trinajstić information content (AvgIpc) is 2.68. The van der Waals surface area contributed by atoms with Crippen molar-refractivity contribution in [3.63, 3.8) is 0 Å². The highest BCUT2D eigenvalue weighted by Crippen LogP contribution is 2.50. The predicted octanol–water partition coefficient (Wildman–Crippen LogP) is 4.20. The third-order valence-corrected chi connectivity index (χ3v) is 5.63. The van der Waals surface area contributed by atoms with Crippen LogP contribution in [0.2, 0.25) is 0 Å². The normalized spacial score (nSPS) is 35.0. The third-order valence-electron chi connectivity index (χ3n) is 5.63. The van der Waals surface area contributed by atoms with Gasteiger partial charge in [-0.3, -0.25) is 9.59 Å². The molecule has 4 atom stereocenters. The summed E-state index contributed by atoms with van der Waals surface area (Å²) >= 11 is 0. The number of carbonyl (C=O) groups excluding carboxylic acids is 2. The van der Waals surface area contributed by atoms with Gasteiger partial charge in [-0.25, -0.2) is 0 Å². The van der Waals surface area contributed by atoms with Crippen LogP contribution in [-0.4, -0.2) is 11.6 Å². The molecule has 0 heterocycles. The van der Waals surface area contributed by atoms with E-state index in [0.29, 0.717) is 12.3 Å². The van der Waals surface area contributed by atoms with Gasteiger partial charge in [-0.05, 0) is 50.5 Å². The largest absolute Gasteiger partial charge is 0.294 e. The van der Waals surface area contributed by atoms with Gasteiger partial charge in [-0.15, -0.1) is 0 Å². The van der Waals surface area contributed by atoms with Crippen molar-refractivity contribution in [2.75, 3.05) is 0 Å². The predicted molar refractivity (Wildman–Crippen MR) is 88.2 cm³/mol. The Hall–Kier alpha value is -1.70. The lowest BCUT2D eigenvalue weighted by atomic mass is 9.64. The van der Waals surface area contributed by atoms with Crippen molar-refractivity contribution < 1.29 is 9.59 Å². The molecular weight excluding hydrogens is 272 g/mol. The number of rotatable bonds is 1. The molecule has 0 aromatic carbocycles. The van der Waals surface area contributed by atoms with Crippen molar-refractivity contribution in [1.82, 2.24) is 0 Å². The maximum Gasteiger partial charge on any atom is 0.184 e. The Morgan fingerprint density at radius 2 is 2.00 bits per heavy atom. The van der Waals surface area contributed by atoms with Crippen LogP contribution < -0.4 is 0 Å². The molecule has 0 aromatic rings. The summed E-state index contributed by atoms with van der Waals surface area (Å²) in [6, 6.07) is 0. The highest BCUT2D eigenvalue weighted by atomic mass is 16.1. The second-order valence-electron chi connectivity index (χ2n) is 7.25. The molecular formula is C20H24O2. The molecule has 0 aliphatic heterocycles. The molecule has 22 heavy (non-hydrogen) atoms. The van der Waals surface area contributed by atoms with Crippen molar-refractivity contribution in [3.8, 4) is 0 Å². The van der Waals surface area contributed by atoms with Crippen molar-refractivity contribution in [3.05, 3.63) is 47.1 Å². The molecule has 2 heteroatoms. The number of fused-ring (bicyclic) bond motifs is 2. The van der Waals surface area contributed by atoms with Crippen molar-refractivity contribution in [2.24, 2.45) is 23.7 Å². The Bertz CT molecular complexity index is 659. The Balaban J connectivity index is 2.19. The fraction of sp³-hybridized carbons (Fsp3) is 0.500. The van der Waals surface area contributed by atoms with Crippen LogP contribution in [-0.2, 0) is 9.59 Å². The van der Waals surface area contributed by atoms with E-state index in [1.165, 1.54) is 0 Å². The second kappa shape index (κ2) is 5.19. The number of ketones is 2. The summed E-state index contributed by atoms with van der Waals surface area (Å²) in [5.41, 5.74) is 4.55. The first kappa shape index (κ1) is 15.2. The van der Waals surface area contributed by atoms with E-state index in [1.807, 2.05) is 13.8 Å². The number of hydrogen-bond donors (Lipinski definition) is 0. The average molecular weight is 296 g/mol. The van der Waals surface area contributed by atoms with Gasteiger partial charge in [0, 0.05) is 23.0 Å². The van der Waals surface area contributed by atoms with E-state index in [1.54, 1.807) is 0 Å². The first-order chi connectivity index (χ1) is 10.3. The highest BCUT2D eigenvalue weighted by molar-refractivity contribution is 6.17. The van der Waals surface area contributed by atoms with Gasteiger partial charge < -0.3 is 0 Å². The summed E-state index contributed by atoms with van der Waals surface area (Å²) in [7, 11) is 0. The van der Waals surface area contributed by atoms with E-state index in [-0.39, 0.29) is 29.3 Å². The summed E-state index contributed by atoms with van der Waals surface area (Å²) in [6.07, 6.45) is 4.61. The maximum absolute atomic E-state index is 12.7. The van der Waals surface area contributed by atoms with Gasteiger partial charge in [0.15, 0.2) is 11.6 Å². The monoisotopic (exact) mass is 296 g/mol. The molecule has 1 saturated carbocycles. The minimum absolute atomic E-state index is 0.00398. The molecule has 0 amide bonds. The second-order valence-corrected chi connectivity index (χ2v) is 7.25. The zero-order valence-corrected chi connectivity index (χ0v) is 13.7. The van der Waals surface area contributed by atoms with Crippen LogP contribution in [0.5, 0.6) is 0 Å². The van der Waals surface area contributed by atoms with Gasteiger partial charge in [0.25, 0.3) is 0 Å². The fourth-order valence-electron chi connectivity index (χ4n) is 4.46. The molecule has 2 nitrogen and oxygen atoms in total. The summed E-state index contributed by atoms with van der Waals surface area (Å²) in [5.74, 6) is 0.640. The molecule has 3 aliphatic carbocycles. The summed E-state index contributed by atoms with van der Waals surface area (Å²) in [5, 5.41) is 0. The first-order valence-electron chi connectivity index (χ1n) is 8.16. The summed E-state index contributed by atoms with van der Waals surface area (Å²) in [4.78, 5) is 25.4. The Kier molecular flexibility index (Phi) is 3.58. The minimum atomic E-state index is -0.0708. The third kappa shape index (κ3) is 2.08. The molecule has 0 radical (unpaired) electrons. The van der Waals surface area contributed by atoms with Crippen LogP contribution in [0.4, 0.5) is 0 Å². The number of Topliss-reactive ketones (excluding diaryl/α,β-unsaturated/α-hetero) is 2. The Morgan fingerprint density at radius 1 is 1.32 bits per heavy atom. The van der Waals surface area contributed by atoms with Crippen LogP contribution >= 0.6 is 0 Å². The quantitative estimate of drug-likeness (QED) is 0.680. The van der Waals surface area contributed by atoms with E-state index in [0.717, 1.165) is 40.7 Å². The molecule has 0 bridgehead atoms. The number of allylic oxidation sites excluding steroid dienone is 6. The van der Waals surface area contributed by atoms with Gasteiger partial charge in [0.2, 0.25) is 0 Å². The molecule has 1 unspecified atom stereocenters. The molecule has 3 rings (SSSR count). The minimum Gasteiger partial charge on any atom is -0.294 e. The molecule has 1 fully saturated rings. The van der Waals surface area contributed by atoms with Gasteiger partial charge in [-0.2, -0.15) is 0 Å². The van der Waals surface area contributed by atoms with E-state index >= 15 is 0 Å². The lowest BCUT2D eigenvalue weighted by Crippen LogP contribution is -2.32. The zero-order chi connectivity index (χ0) is 16.2. The molecule has 0 N–H and O–H groups in total. The van der Waals surface area contributed by atoms with Crippen LogP contribution in [0.1, 0.15) is 40.0 Å². The van der Waals surface area contributed by atoms with E-state index < -0.39 is 0 Å². The molecule has 0 aromatic heterocycles. The fourth-order valence-corrected chi connectivity index (χ4v) is 4.46. The molecule has 0 spiro atoms. The standard InChI is InChI=1S/C20H24O2/c1-10(2)14-7-6-11(3)17-15(14)8-12(4)19(21)16-9-13(5)20(22)18(16)17/h8,13-15,17H,1,3,6-7,9H2,2,4-5H3/t13-,14?,15-,17-/m1/s1. The van der Waals surface area contributed by atoms with Gasteiger partial charge in [0.1, 0.15) is 0 Å².